The standard InChI is InChI=1S/C20H27N3O4/c1-2-5-15-6-3-4-7-18(15)27-14-17(24)13-22-10-11-26-19-9-8-16(12-23-19)20(21)25/h3-4,6-9,12,17,22,24H,2,5,10-11,13-14H2,1H3,(H2,21,25). The molecule has 0 aliphatic carbocycles. The van der Waals surface area contributed by atoms with Crippen molar-refractivity contribution in [1.82, 2.24) is 10.3 Å². The van der Waals surface area contributed by atoms with Gasteiger partial charge in [0, 0.05) is 25.4 Å². The van der Waals surface area contributed by atoms with Crippen LogP contribution in [0.5, 0.6) is 11.6 Å². The number of aryl methyl sites for hydroxylation is 1. The number of hydrogen-bond donors (Lipinski definition) is 3. The van der Waals surface area contributed by atoms with Gasteiger partial charge in [-0.1, -0.05) is 31.5 Å². The number of carbonyl (C=O) groups excluding carboxylic acids is 1. The zero-order valence-electron chi connectivity index (χ0n) is 15.6. The minimum absolute atomic E-state index is 0.227. The average molecular weight is 373 g/mol. The summed E-state index contributed by atoms with van der Waals surface area (Å²) in [6.07, 6.45) is 2.76. The molecule has 0 saturated heterocycles. The number of aliphatic hydroxyl groups is 1. The maximum atomic E-state index is 11.0. The van der Waals surface area contributed by atoms with Gasteiger partial charge in [-0.05, 0) is 24.1 Å². The summed E-state index contributed by atoms with van der Waals surface area (Å²) in [7, 11) is 0. The van der Waals surface area contributed by atoms with Crippen LogP contribution in [-0.4, -0.2) is 48.4 Å². The van der Waals surface area contributed by atoms with Gasteiger partial charge in [0.05, 0.1) is 5.56 Å². The van der Waals surface area contributed by atoms with Crippen LogP contribution >= 0.6 is 0 Å². The molecule has 2 rings (SSSR count). The smallest absolute Gasteiger partial charge is 0.250 e. The van der Waals surface area contributed by atoms with Crippen LogP contribution in [-0.2, 0) is 6.42 Å². The summed E-state index contributed by atoms with van der Waals surface area (Å²) in [5, 5.41) is 13.1. The quantitative estimate of drug-likeness (QED) is 0.487. The Bertz CT molecular complexity index is 707. The van der Waals surface area contributed by atoms with Gasteiger partial charge in [0.15, 0.2) is 0 Å². The van der Waals surface area contributed by atoms with Gasteiger partial charge in [0.1, 0.15) is 25.1 Å². The Labute approximate surface area is 159 Å². The molecule has 0 spiro atoms. The molecule has 1 unspecified atom stereocenters. The minimum Gasteiger partial charge on any atom is -0.491 e. The van der Waals surface area contributed by atoms with Crippen LogP contribution in [0.2, 0.25) is 0 Å². The Hall–Kier alpha value is -2.64. The molecule has 146 valence electrons. The van der Waals surface area contributed by atoms with Crippen LogP contribution in [0, 0.1) is 0 Å². The van der Waals surface area contributed by atoms with E-state index in [1.165, 1.54) is 6.20 Å². The monoisotopic (exact) mass is 373 g/mol. The van der Waals surface area contributed by atoms with Gasteiger partial charge in [0.25, 0.3) is 0 Å². The summed E-state index contributed by atoms with van der Waals surface area (Å²) in [4.78, 5) is 15.0. The van der Waals surface area contributed by atoms with E-state index < -0.39 is 12.0 Å². The summed E-state index contributed by atoms with van der Waals surface area (Å²) in [6, 6.07) is 11.1. The number of rotatable bonds is 12. The number of para-hydroxylation sites is 1. The topological polar surface area (TPSA) is 107 Å². The molecule has 0 radical (unpaired) electrons. The van der Waals surface area contributed by atoms with Crippen LogP contribution in [0.25, 0.3) is 0 Å². The molecular weight excluding hydrogens is 346 g/mol. The number of hydrogen-bond acceptors (Lipinski definition) is 6. The Kier molecular flexibility index (Phi) is 8.54. The highest BCUT2D eigenvalue weighted by Crippen LogP contribution is 2.19. The SMILES string of the molecule is CCCc1ccccc1OCC(O)CNCCOc1ccc(C(N)=O)cn1. The van der Waals surface area contributed by atoms with E-state index in [-0.39, 0.29) is 6.61 Å². The Morgan fingerprint density at radius 1 is 1.26 bits per heavy atom. The lowest BCUT2D eigenvalue weighted by atomic mass is 10.1. The summed E-state index contributed by atoms with van der Waals surface area (Å²) < 4.78 is 11.2. The summed E-state index contributed by atoms with van der Waals surface area (Å²) in [6.45, 7) is 3.68. The zero-order valence-corrected chi connectivity index (χ0v) is 15.6. The van der Waals surface area contributed by atoms with Gasteiger partial charge in [-0.15, -0.1) is 0 Å². The van der Waals surface area contributed by atoms with Gasteiger partial charge < -0.3 is 25.6 Å². The second-order valence-corrected chi connectivity index (χ2v) is 6.12. The largest absolute Gasteiger partial charge is 0.491 e. The molecule has 4 N–H and O–H groups in total. The van der Waals surface area contributed by atoms with Gasteiger partial charge in [-0.2, -0.15) is 0 Å². The van der Waals surface area contributed by atoms with E-state index in [2.05, 4.69) is 17.2 Å². The highest BCUT2D eigenvalue weighted by molar-refractivity contribution is 5.92. The van der Waals surface area contributed by atoms with Crippen LogP contribution in [0.3, 0.4) is 0 Å². The predicted octanol–water partition coefficient (Wildman–Crippen LogP) is 1.54. The Morgan fingerprint density at radius 2 is 2.07 bits per heavy atom. The van der Waals surface area contributed by atoms with E-state index >= 15 is 0 Å². The van der Waals surface area contributed by atoms with Crippen molar-refractivity contribution in [2.75, 3.05) is 26.3 Å². The molecule has 0 fully saturated rings. The van der Waals surface area contributed by atoms with Crippen molar-refractivity contribution in [2.24, 2.45) is 5.73 Å². The minimum atomic E-state index is -0.618. The number of aromatic nitrogens is 1. The second kappa shape index (κ2) is 11.2. The molecule has 2 aromatic rings. The Balaban J connectivity index is 1.62. The zero-order chi connectivity index (χ0) is 19.5. The summed E-state index contributed by atoms with van der Waals surface area (Å²) >= 11 is 0. The van der Waals surface area contributed by atoms with Crippen LogP contribution in [0.15, 0.2) is 42.6 Å². The van der Waals surface area contributed by atoms with Crippen molar-refractivity contribution in [3.8, 4) is 11.6 Å². The number of benzene rings is 1. The molecule has 7 heteroatoms. The van der Waals surface area contributed by atoms with E-state index in [1.807, 2.05) is 24.3 Å². The number of amides is 1. The van der Waals surface area contributed by atoms with E-state index in [0.29, 0.717) is 31.1 Å². The number of aliphatic hydroxyl groups excluding tert-OH is 1. The number of carbonyl (C=O) groups is 1. The molecule has 7 nitrogen and oxygen atoms in total. The fourth-order valence-corrected chi connectivity index (χ4v) is 2.47. The van der Waals surface area contributed by atoms with Crippen molar-refractivity contribution in [3.05, 3.63) is 53.7 Å². The van der Waals surface area contributed by atoms with Crippen molar-refractivity contribution >= 4 is 5.91 Å². The highest BCUT2D eigenvalue weighted by atomic mass is 16.5. The fourth-order valence-electron chi connectivity index (χ4n) is 2.47. The predicted molar refractivity (Wildman–Crippen MR) is 103 cm³/mol. The molecule has 0 saturated carbocycles. The van der Waals surface area contributed by atoms with E-state index in [4.69, 9.17) is 15.2 Å². The maximum Gasteiger partial charge on any atom is 0.250 e. The molecule has 1 aromatic heterocycles. The molecule has 1 amide bonds. The lowest BCUT2D eigenvalue weighted by Gasteiger charge is -2.15. The van der Waals surface area contributed by atoms with Crippen LogP contribution < -0.4 is 20.5 Å². The molecule has 1 aromatic carbocycles. The number of nitrogens with two attached hydrogens (primary N) is 1. The number of nitrogens with zero attached hydrogens (tertiary/aromatic N) is 1. The molecule has 1 atom stereocenters. The van der Waals surface area contributed by atoms with Crippen molar-refractivity contribution in [3.63, 3.8) is 0 Å². The lowest BCUT2D eigenvalue weighted by Crippen LogP contribution is -2.33. The van der Waals surface area contributed by atoms with E-state index in [0.717, 1.165) is 24.2 Å². The first-order valence-electron chi connectivity index (χ1n) is 9.08. The van der Waals surface area contributed by atoms with Gasteiger partial charge >= 0.3 is 0 Å². The summed E-state index contributed by atoms with van der Waals surface area (Å²) in [5.74, 6) is 0.717. The van der Waals surface area contributed by atoms with Crippen molar-refractivity contribution in [1.29, 1.82) is 0 Å². The molecule has 27 heavy (non-hydrogen) atoms. The third kappa shape index (κ3) is 7.24. The first-order valence-corrected chi connectivity index (χ1v) is 9.08. The fraction of sp³-hybridized carbons (Fsp3) is 0.400. The molecule has 0 aliphatic heterocycles. The molecule has 1 heterocycles. The lowest BCUT2D eigenvalue weighted by molar-refractivity contribution is 0.1000. The normalized spacial score (nSPS) is 11.8. The Morgan fingerprint density at radius 3 is 2.78 bits per heavy atom. The summed E-state index contributed by atoms with van der Waals surface area (Å²) in [5.41, 5.74) is 6.65. The number of primary amides is 1. The molecular formula is C20H27N3O4. The first-order chi connectivity index (χ1) is 13.1. The second-order valence-electron chi connectivity index (χ2n) is 6.12. The van der Waals surface area contributed by atoms with Gasteiger partial charge in [-0.25, -0.2) is 4.98 Å². The van der Waals surface area contributed by atoms with Gasteiger partial charge in [0.2, 0.25) is 11.8 Å². The van der Waals surface area contributed by atoms with Gasteiger partial charge in [-0.3, -0.25) is 4.79 Å². The third-order valence-corrected chi connectivity index (χ3v) is 3.85. The molecule has 0 aliphatic rings. The number of nitrogens with one attached hydrogen (secondary N) is 1. The molecule has 0 bridgehead atoms. The van der Waals surface area contributed by atoms with E-state index in [9.17, 15) is 9.90 Å². The van der Waals surface area contributed by atoms with Crippen LogP contribution in [0.4, 0.5) is 0 Å². The highest BCUT2D eigenvalue weighted by Gasteiger charge is 2.08. The van der Waals surface area contributed by atoms with Crippen LogP contribution in [0.1, 0.15) is 29.3 Å². The number of pyridine rings is 1. The first kappa shape index (κ1) is 20.7. The maximum absolute atomic E-state index is 11.0. The number of ether oxygens (including phenoxy) is 2. The van der Waals surface area contributed by atoms with E-state index in [1.54, 1.807) is 12.1 Å². The average Bonchev–Trinajstić information content (AvgIpc) is 2.67. The third-order valence-electron chi connectivity index (χ3n) is 3.85. The van der Waals surface area contributed by atoms with Crippen molar-refractivity contribution in [2.45, 2.75) is 25.9 Å². The van der Waals surface area contributed by atoms with Crippen molar-refractivity contribution < 1.29 is 19.4 Å².